The molecule has 0 aliphatic carbocycles. The Morgan fingerprint density at radius 1 is 1.35 bits per heavy atom. The number of carbonyl (C=O) groups excluding carboxylic acids is 1. The first-order valence-corrected chi connectivity index (χ1v) is 6.19. The third-order valence-electron chi connectivity index (χ3n) is 2.56. The van der Waals surface area contributed by atoms with Gasteiger partial charge < -0.3 is 10.0 Å². The van der Waals surface area contributed by atoms with E-state index in [-0.39, 0.29) is 19.2 Å². The highest BCUT2D eigenvalue weighted by Crippen LogP contribution is 2.22. The van der Waals surface area contributed by atoms with E-state index >= 15 is 0 Å². The number of amides is 1. The van der Waals surface area contributed by atoms with Crippen molar-refractivity contribution in [3.05, 3.63) is 35.9 Å². The van der Waals surface area contributed by atoms with Gasteiger partial charge in [-0.2, -0.15) is 0 Å². The summed E-state index contributed by atoms with van der Waals surface area (Å²) in [5.41, 5.74) is 0.975. The van der Waals surface area contributed by atoms with E-state index in [9.17, 15) is 4.79 Å². The van der Waals surface area contributed by atoms with Gasteiger partial charge in [-0.05, 0) is 12.5 Å². The van der Waals surface area contributed by atoms with Gasteiger partial charge >= 0.3 is 0 Å². The first kappa shape index (κ1) is 14.3. The minimum atomic E-state index is -1.10. The molecule has 17 heavy (non-hydrogen) atoms. The lowest BCUT2D eigenvalue weighted by molar-refractivity contribution is -0.132. The van der Waals surface area contributed by atoms with Crippen LogP contribution in [0, 0.1) is 0 Å². The Balaban J connectivity index is 2.87. The van der Waals surface area contributed by atoms with Crippen LogP contribution in [0.5, 0.6) is 0 Å². The predicted octanol–water partition coefficient (Wildman–Crippen LogP) is 2.37. The van der Waals surface area contributed by atoms with E-state index in [1.54, 1.807) is 0 Å². The maximum Gasteiger partial charge on any atom is 0.256 e. The topological polar surface area (TPSA) is 40.5 Å². The normalized spacial score (nSPS) is 12.5. The van der Waals surface area contributed by atoms with Gasteiger partial charge in [-0.15, -0.1) is 0 Å². The fraction of sp³-hybridized carbons (Fsp3) is 0.417. The molecule has 0 heterocycles. The lowest BCUT2D eigenvalue weighted by Crippen LogP contribution is -2.39. The molecule has 94 valence electrons. The fourth-order valence-corrected chi connectivity index (χ4v) is 1.89. The molecule has 0 aliphatic rings. The van der Waals surface area contributed by atoms with Crippen LogP contribution in [0.4, 0.5) is 0 Å². The maximum absolute atomic E-state index is 11.8. The summed E-state index contributed by atoms with van der Waals surface area (Å²) in [6.07, 6.45) is 0. The molecule has 0 spiro atoms. The van der Waals surface area contributed by atoms with Gasteiger partial charge in [0.05, 0.1) is 12.6 Å². The molecular formula is C12H15Cl2NO2. The van der Waals surface area contributed by atoms with Crippen LogP contribution in [0.1, 0.15) is 18.5 Å². The van der Waals surface area contributed by atoms with E-state index in [0.717, 1.165) is 5.56 Å². The van der Waals surface area contributed by atoms with Crippen molar-refractivity contribution in [1.82, 2.24) is 4.90 Å². The molecule has 0 radical (unpaired) electrons. The van der Waals surface area contributed by atoms with Crippen LogP contribution in [0.3, 0.4) is 0 Å². The lowest BCUT2D eigenvalue weighted by Gasteiger charge is -2.29. The number of aliphatic hydroxyl groups is 1. The summed E-state index contributed by atoms with van der Waals surface area (Å²) in [5.74, 6) is -0.390. The minimum Gasteiger partial charge on any atom is -0.395 e. The van der Waals surface area contributed by atoms with Gasteiger partial charge in [0.15, 0.2) is 4.84 Å². The molecule has 5 heteroatoms. The molecular weight excluding hydrogens is 261 g/mol. The zero-order chi connectivity index (χ0) is 12.8. The molecule has 1 N–H and O–H groups in total. The van der Waals surface area contributed by atoms with Gasteiger partial charge in [-0.3, -0.25) is 4.79 Å². The van der Waals surface area contributed by atoms with E-state index < -0.39 is 10.7 Å². The number of rotatable bonds is 5. The van der Waals surface area contributed by atoms with Gasteiger partial charge in [0.2, 0.25) is 0 Å². The van der Waals surface area contributed by atoms with E-state index in [2.05, 4.69) is 0 Å². The Bertz CT molecular complexity index is 357. The number of halogens is 2. The van der Waals surface area contributed by atoms with E-state index in [1.165, 1.54) is 4.90 Å². The summed E-state index contributed by atoms with van der Waals surface area (Å²) in [5, 5.41) is 8.98. The summed E-state index contributed by atoms with van der Waals surface area (Å²) in [4.78, 5) is 12.2. The van der Waals surface area contributed by atoms with Gasteiger partial charge in [-0.1, -0.05) is 53.5 Å². The largest absolute Gasteiger partial charge is 0.395 e. The number of hydrogen-bond donors (Lipinski definition) is 1. The number of alkyl halides is 2. The quantitative estimate of drug-likeness (QED) is 0.839. The van der Waals surface area contributed by atoms with Crippen molar-refractivity contribution in [3.63, 3.8) is 0 Å². The van der Waals surface area contributed by atoms with Crippen LogP contribution < -0.4 is 0 Å². The molecule has 1 aromatic rings. The summed E-state index contributed by atoms with van der Waals surface area (Å²) >= 11 is 11.2. The number of carbonyl (C=O) groups is 1. The van der Waals surface area contributed by atoms with Crippen molar-refractivity contribution in [2.45, 2.75) is 17.8 Å². The van der Waals surface area contributed by atoms with Crippen LogP contribution in [0.15, 0.2) is 30.3 Å². The summed E-state index contributed by atoms with van der Waals surface area (Å²) < 4.78 is 0. The van der Waals surface area contributed by atoms with Crippen molar-refractivity contribution >= 4 is 29.1 Å². The van der Waals surface area contributed by atoms with E-state index in [4.69, 9.17) is 28.3 Å². The maximum atomic E-state index is 11.8. The van der Waals surface area contributed by atoms with Crippen LogP contribution in [0.25, 0.3) is 0 Å². The zero-order valence-electron chi connectivity index (χ0n) is 9.51. The highest BCUT2D eigenvalue weighted by molar-refractivity contribution is 6.53. The Morgan fingerprint density at radius 2 is 1.94 bits per heavy atom. The van der Waals surface area contributed by atoms with Gasteiger partial charge in [0.1, 0.15) is 0 Å². The van der Waals surface area contributed by atoms with E-state index in [1.807, 2.05) is 37.3 Å². The molecule has 0 unspecified atom stereocenters. The highest BCUT2D eigenvalue weighted by atomic mass is 35.5. The average Bonchev–Trinajstić information content (AvgIpc) is 2.35. The van der Waals surface area contributed by atoms with Crippen LogP contribution in [-0.4, -0.2) is 33.9 Å². The third kappa shape index (κ3) is 3.87. The smallest absolute Gasteiger partial charge is 0.256 e. The predicted molar refractivity (Wildman–Crippen MR) is 69.1 cm³/mol. The first-order chi connectivity index (χ1) is 8.07. The molecule has 0 bridgehead atoms. The molecule has 0 saturated carbocycles. The molecule has 0 fully saturated rings. The van der Waals surface area contributed by atoms with Crippen molar-refractivity contribution in [3.8, 4) is 0 Å². The van der Waals surface area contributed by atoms with Crippen LogP contribution >= 0.6 is 23.2 Å². The van der Waals surface area contributed by atoms with Crippen molar-refractivity contribution in [2.24, 2.45) is 0 Å². The molecule has 1 rings (SSSR count). The molecule has 0 aromatic heterocycles. The summed E-state index contributed by atoms with van der Waals surface area (Å²) in [7, 11) is 0. The summed E-state index contributed by atoms with van der Waals surface area (Å²) in [6.45, 7) is 1.97. The van der Waals surface area contributed by atoms with Gasteiger partial charge in [0, 0.05) is 6.54 Å². The Kier molecular flexibility index (Phi) is 5.75. The Morgan fingerprint density at radius 3 is 2.41 bits per heavy atom. The second-order valence-corrected chi connectivity index (χ2v) is 4.74. The average molecular weight is 276 g/mol. The molecule has 1 aromatic carbocycles. The number of hydrogen-bond acceptors (Lipinski definition) is 2. The summed E-state index contributed by atoms with van der Waals surface area (Å²) in [6, 6.07) is 9.36. The van der Waals surface area contributed by atoms with Gasteiger partial charge in [0.25, 0.3) is 5.91 Å². The number of benzene rings is 1. The third-order valence-corrected chi connectivity index (χ3v) is 2.93. The number of nitrogens with zero attached hydrogens (tertiary/aromatic N) is 1. The molecule has 0 saturated heterocycles. The van der Waals surface area contributed by atoms with Crippen molar-refractivity contribution < 1.29 is 9.90 Å². The molecule has 3 nitrogen and oxygen atoms in total. The zero-order valence-corrected chi connectivity index (χ0v) is 11.0. The van der Waals surface area contributed by atoms with Crippen LogP contribution in [-0.2, 0) is 4.79 Å². The number of aliphatic hydroxyl groups excluding tert-OH is 1. The van der Waals surface area contributed by atoms with E-state index in [0.29, 0.717) is 0 Å². The lowest BCUT2D eigenvalue weighted by atomic mass is 10.1. The van der Waals surface area contributed by atoms with Crippen molar-refractivity contribution in [2.75, 3.05) is 13.2 Å². The van der Waals surface area contributed by atoms with Crippen molar-refractivity contribution in [1.29, 1.82) is 0 Å². The van der Waals surface area contributed by atoms with Gasteiger partial charge in [-0.25, -0.2) is 0 Å². The SMILES string of the molecule is C[C@@H](c1ccccc1)N(CCO)C(=O)C(Cl)Cl. The minimum absolute atomic E-state index is 0.122. The Hall–Kier alpha value is -0.770. The molecule has 1 amide bonds. The Labute approximate surface area is 111 Å². The molecule has 0 aliphatic heterocycles. The monoisotopic (exact) mass is 275 g/mol. The second-order valence-electron chi connectivity index (χ2n) is 3.64. The first-order valence-electron chi connectivity index (χ1n) is 5.32. The highest BCUT2D eigenvalue weighted by Gasteiger charge is 2.25. The molecule has 1 atom stereocenters. The standard InChI is InChI=1S/C12H15Cl2NO2/c1-9(10-5-3-2-4-6-10)15(7-8-16)12(17)11(13)14/h2-6,9,11,16H,7-8H2,1H3/t9-/m0/s1. The second kappa shape index (κ2) is 6.84. The van der Waals surface area contributed by atoms with Crippen LogP contribution in [0.2, 0.25) is 0 Å². The fourth-order valence-electron chi connectivity index (χ4n) is 1.64.